The van der Waals surface area contributed by atoms with E-state index < -0.39 is 0 Å². The van der Waals surface area contributed by atoms with Crippen LogP contribution in [0.1, 0.15) is 31.3 Å². The topological polar surface area (TPSA) is 0 Å². The van der Waals surface area contributed by atoms with Crippen LogP contribution in [-0.2, 0) is 0 Å². The summed E-state index contributed by atoms with van der Waals surface area (Å²) in [4.78, 5) is 3.04. The second kappa shape index (κ2) is 5.25. The highest BCUT2D eigenvalue weighted by Gasteiger charge is 2.15. The van der Waals surface area contributed by atoms with E-state index in [1.807, 2.05) is 11.3 Å². The van der Waals surface area contributed by atoms with E-state index in [0.29, 0.717) is 0 Å². The molecule has 1 aromatic heterocycles. The molecule has 2 aromatic rings. The Hall–Kier alpha value is -0.120. The number of alkyl halides is 1. The predicted molar refractivity (Wildman–Crippen MR) is 83.4 cm³/mol. The largest absolute Gasteiger partial charge is 0.146 e. The number of aryl methyl sites for hydroxylation is 3. The number of halogens is 2. The fraction of sp³-hybridized carbons (Fsp3) is 0.286. The Morgan fingerprint density at radius 2 is 1.76 bits per heavy atom. The average molecular weight is 374 g/mol. The van der Waals surface area contributed by atoms with Crippen LogP contribution in [0.5, 0.6) is 0 Å². The van der Waals surface area contributed by atoms with Crippen LogP contribution in [0.3, 0.4) is 0 Å². The summed E-state index contributed by atoms with van der Waals surface area (Å²) in [5, 5.41) is 0. The molecule has 0 nitrogen and oxygen atoms in total. The van der Waals surface area contributed by atoms with E-state index in [-0.39, 0.29) is 4.83 Å². The molecule has 0 aliphatic rings. The summed E-state index contributed by atoms with van der Waals surface area (Å²) in [6.45, 7) is 6.47. The molecule has 0 radical (unpaired) electrons. The van der Waals surface area contributed by atoms with Gasteiger partial charge in [-0.05, 0) is 55.7 Å². The minimum atomic E-state index is 0.281. The van der Waals surface area contributed by atoms with E-state index in [0.717, 1.165) is 4.47 Å². The molecule has 0 amide bonds. The van der Waals surface area contributed by atoms with Crippen molar-refractivity contribution in [2.24, 2.45) is 0 Å². The van der Waals surface area contributed by atoms with E-state index in [1.165, 1.54) is 26.4 Å². The molecule has 90 valence electrons. The number of rotatable bonds is 2. The van der Waals surface area contributed by atoms with Crippen LogP contribution in [0.2, 0.25) is 0 Å². The summed E-state index contributed by atoms with van der Waals surface area (Å²) in [5.74, 6) is 0. The Bertz CT molecular complexity index is 523. The van der Waals surface area contributed by atoms with Crippen molar-refractivity contribution >= 4 is 43.2 Å². The summed E-state index contributed by atoms with van der Waals surface area (Å²) in [6, 6.07) is 8.82. The van der Waals surface area contributed by atoms with Gasteiger partial charge >= 0.3 is 0 Å². The first-order valence-corrected chi connectivity index (χ1v) is 7.98. The lowest BCUT2D eigenvalue weighted by atomic mass is 10.0. The van der Waals surface area contributed by atoms with E-state index in [1.54, 1.807) is 0 Å². The standard InChI is InChI=1S/C14H14Br2S/c1-8-4-11(7-12(15)5-8)14(16)13-6-9(2)17-10(13)3/h4-7,14H,1-3H3. The van der Waals surface area contributed by atoms with Crippen molar-refractivity contribution in [3.05, 3.63) is 55.2 Å². The molecule has 1 heterocycles. The summed E-state index contributed by atoms with van der Waals surface area (Å²) < 4.78 is 1.14. The van der Waals surface area contributed by atoms with Crippen LogP contribution in [0, 0.1) is 20.8 Å². The minimum absolute atomic E-state index is 0.281. The fourth-order valence-corrected chi connectivity index (χ4v) is 4.47. The van der Waals surface area contributed by atoms with E-state index in [9.17, 15) is 0 Å². The summed E-state index contributed by atoms with van der Waals surface area (Å²) in [6.07, 6.45) is 0. The monoisotopic (exact) mass is 372 g/mol. The van der Waals surface area contributed by atoms with Crippen LogP contribution in [0.25, 0.3) is 0 Å². The molecule has 0 bridgehead atoms. The third-order valence-electron chi connectivity index (χ3n) is 2.71. The van der Waals surface area contributed by atoms with Crippen LogP contribution in [-0.4, -0.2) is 0 Å². The number of hydrogen-bond acceptors (Lipinski definition) is 1. The van der Waals surface area contributed by atoms with E-state index in [2.05, 4.69) is 76.9 Å². The Balaban J connectivity index is 2.43. The maximum Gasteiger partial charge on any atom is 0.0655 e. The highest BCUT2D eigenvalue weighted by molar-refractivity contribution is 9.10. The van der Waals surface area contributed by atoms with Crippen LogP contribution in [0.15, 0.2) is 28.7 Å². The van der Waals surface area contributed by atoms with Crippen LogP contribution >= 0.6 is 43.2 Å². The SMILES string of the molecule is Cc1cc(Br)cc(C(Br)c2cc(C)sc2C)c1. The smallest absolute Gasteiger partial charge is 0.0655 e. The van der Waals surface area contributed by atoms with E-state index in [4.69, 9.17) is 0 Å². The molecule has 2 rings (SSSR count). The lowest BCUT2D eigenvalue weighted by molar-refractivity contribution is 1.15. The first-order valence-electron chi connectivity index (χ1n) is 5.45. The van der Waals surface area contributed by atoms with Gasteiger partial charge in [-0.3, -0.25) is 0 Å². The Kier molecular flexibility index (Phi) is 4.11. The van der Waals surface area contributed by atoms with Crippen LogP contribution < -0.4 is 0 Å². The highest BCUT2D eigenvalue weighted by Crippen LogP contribution is 2.37. The first-order chi connectivity index (χ1) is 7.97. The average Bonchev–Trinajstić information content (AvgIpc) is 2.55. The van der Waals surface area contributed by atoms with Gasteiger partial charge in [0, 0.05) is 14.2 Å². The second-order valence-electron chi connectivity index (χ2n) is 4.29. The van der Waals surface area contributed by atoms with Gasteiger partial charge in [-0.1, -0.05) is 37.9 Å². The molecule has 0 fully saturated rings. The van der Waals surface area contributed by atoms with Crippen molar-refractivity contribution < 1.29 is 0 Å². The molecule has 0 aliphatic carbocycles. The third-order valence-corrected chi connectivity index (χ3v) is 5.17. The Labute approximate surface area is 123 Å². The molecule has 1 atom stereocenters. The van der Waals surface area contributed by atoms with E-state index >= 15 is 0 Å². The van der Waals surface area contributed by atoms with Gasteiger partial charge in [-0.15, -0.1) is 11.3 Å². The summed E-state index contributed by atoms with van der Waals surface area (Å²) in [5.41, 5.74) is 3.96. The number of hydrogen-bond donors (Lipinski definition) is 0. The summed E-state index contributed by atoms with van der Waals surface area (Å²) in [7, 11) is 0. The molecule has 1 unspecified atom stereocenters. The fourth-order valence-electron chi connectivity index (χ4n) is 1.99. The van der Waals surface area contributed by atoms with Crippen molar-refractivity contribution in [3.8, 4) is 0 Å². The van der Waals surface area contributed by atoms with Gasteiger partial charge in [-0.25, -0.2) is 0 Å². The second-order valence-corrected chi connectivity index (χ2v) is 7.58. The van der Waals surface area contributed by atoms with Gasteiger partial charge in [0.15, 0.2) is 0 Å². The van der Waals surface area contributed by atoms with Crippen molar-refractivity contribution in [3.63, 3.8) is 0 Å². The highest BCUT2D eigenvalue weighted by atomic mass is 79.9. The van der Waals surface area contributed by atoms with Gasteiger partial charge in [0.1, 0.15) is 0 Å². The Morgan fingerprint density at radius 1 is 1.06 bits per heavy atom. The molecule has 0 saturated carbocycles. The Morgan fingerprint density at radius 3 is 2.29 bits per heavy atom. The molecule has 1 aromatic carbocycles. The van der Waals surface area contributed by atoms with Crippen molar-refractivity contribution in [1.82, 2.24) is 0 Å². The molecule has 0 N–H and O–H groups in total. The number of benzene rings is 1. The molecular formula is C14H14Br2S. The van der Waals surface area contributed by atoms with Gasteiger partial charge in [-0.2, -0.15) is 0 Å². The zero-order valence-electron chi connectivity index (χ0n) is 10.1. The maximum absolute atomic E-state index is 3.81. The van der Waals surface area contributed by atoms with Gasteiger partial charge in [0.05, 0.1) is 4.83 Å². The molecular weight excluding hydrogens is 360 g/mol. The van der Waals surface area contributed by atoms with Gasteiger partial charge in [0.25, 0.3) is 0 Å². The van der Waals surface area contributed by atoms with Crippen molar-refractivity contribution in [2.75, 3.05) is 0 Å². The normalized spacial score (nSPS) is 12.8. The molecule has 0 saturated heterocycles. The zero-order valence-corrected chi connectivity index (χ0v) is 14.0. The van der Waals surface area contributed by atoms with Crippen molar-refractivity contribution in [2.45, 2.75) is 25.6 Å². The van der Waals surface area contributed by atoms with Crippen LogP contribution in [0.4, 0.5) is 0 Å². The zero-order chi connectivity index (χ0) is 12.6. The minimum Gasteiger partial charge on any atom is -0.146 e. The summed E-state index contributed by atoms with van der Waals surface area (Å²) >= 11 is 9.23. The van der Waals surface area contributed by atoms with Crippen molar-refractivity contribution in [1.29, 1.82) is 0 Å². The van der Waals surface area contributed by atoms with Gasteiger partial charge < -0.3 is 0 Å². The molecule has 0 aliphatic heterocycles. The predicted octanol–water partition coefficient (Wildman–Crippen LogP) is 5.92. The molecule has 17 heavy (non-hydrogen) atoms. The lowest BCUT2D eigenvalue weighted by Crippen LogP contribution is -1.93. The third kappa shape index (κ3) is 3.01. The molecule has 3 heteroatoms. The number of thiophene rings is 1. The lowest BCUT2D eigenvalue weighted by Gasteiger charge is -2.11. The van der Waals surface area contributed by atoms with Gasteiger partial charge in [0.2, 0.25) is 0 Å². The quantitative estimate of drug-likeness (QED) is 0.573. The molecule has 0 spiro atoms. The first kappa shape index (κ1) is 13.3. The maximum atomic E-state index is 3.81.